The number of nitrogens with two attached hydrogens (primary N) is 1. The van der Waals surface area contributed by atoms with Gasteiger partial charge in [-0.1, -0.05) is 25.9 Å². The lowest BCUT2D eigenvalue weighted by molar-refractivity contribution is -0.136. The average Bonchev–Trinajstić information content (AvgIpc) is 2.84. The van der Waals surface area contributed by atoms with E-state index in [0.29, 0.717) is 18.8 Å². The molecule has 2 heterocycles. The van der Waals surface area contributed by atoms with Gasteiger partial charge < -0.3 is 15.2 Å². The molecule has 1 atom stereocenters. The Bertz CT molecular complexity index is 693. The van der Waals surface area contributed by atoms with Crippen LogP contribution in [0.25, 0.3) is 0 Å². The lowest BCUT2D eigenvalue weighted by atomic mass is 9.86. The highest BCUT2D eigenvalue weighted by Crippen LogP contribution is 2.25. The SMILES string of the molecule is Cc1noc(C)c1S(=O)(=O)N1CCN(C(=O)[C@@H](N)C(C)(C)C)CC1. The second-order valence-electron chi connectivity index (χ2n) is 7.23. The Kier molecular flexibility index (Phi) is 5.08. The van der Waals surface area contributed by atoms with Crippen LogP contribution in [0.15, 0.2) is 9.42 Å². The molecule has 1 aromatic heterocycles. The summed E-state index contributed by atoms with van der Waals surface area (Å²) in [4.78, 5) is 14.2. The van der Waals surface area contributed by atoms with E-state index >= 15 is 0 Å². The normalized spacial score (nSPS) is 18.7. The predicted octanol–water partition coefficient (Wildman–Crippen LogP) is 0.498. The number of piperazine rings is 1. The number of nitrogens with zero attached hydrogens (tertiary/aromatic N) is 3. The number of aryl methyl sites for hydroxylation is 2. The van der Waals surface area contributed by atoms with E-state index in [2.05, 4.69) is 5.16 Å². The van der Waals surface area contributed by atoms with Gasteiger partial charge in [0.05, 0.1) is 6.04 Å². The van der Waals surface area contributed by atoms with Gasteiger partial charge in [0, 0.05) is 26.2 Å². The van der Waals surface area contributed by atoms with Crippen LogP contribution in [0.2, 0.25) is 0 Å². The van der Waals surface area contributed by atoms with Gasteiger partial charge in [0.25, 0.3) is 0 Å². The first-order chi connectivity index (χ1) is 11.0. The third-order valence-electron chi connectivity index (χ3n) is 4.32. The first-order valence-electron chi connectivity index (χ1n) is 7.93. The van der Waals surface area contributed by atoms with Crippen LogP contribution in [0.5, 0.6) is 0 Å². The molecule has 2 N–H and O–H groups in total. The Morgan fingerprint density at radius 2 is 1.75 bits per heavy atom. The minimum atomic E-state index is -3.67. The Hall–Kier alpha value is -1.45. The molecule has 24 heavy (non-hydrogen) atoms. The van der Waals surface area contributed by atoms with Crippen LogP contribution < -0.4 is 5.73 Å². The Morgan fingerprint density at radius 3 is 2.17 bits per heavy atom. The lowest BCUT2D eigenvalue weighted by Crippen LogP contribution is -2.56. The number of amides is 1. The molecule has 0 unspecified atom stereocenters. The third kappa shape index (κ3) is 3.47. The number of carbonyl (C=O) groups is 1. The van der Waals surface area contributed by atoms with Crippen LogP contribution in [-0.4, -0.2) is 60.9 Å². The smallest absolute Gasteiger partial charge is 0.248 e. The quantitative estimate of drug-likeness (QED) is 0.842. The number of sulfonamides is 1. The second kappa shape index (κ2) is 6.45. The van der Waals surface area contributed by atoms with Crippen LogP contribution in [0.4, 0.5) is 0 Å². The molecule has 0 saturated carbocycles. The van der Waals surface area contributed by atoms with Crippen molar-refractivity contribution in [3.8, 4) is 0 Å². The van der Waals surface area contributed by atoms with Gasteiger partial charge in [-0.3, -0.25) is 4.79 Å². The average molecular weight is 358 g/mol. The van der Waals surface area contributed by atoms with E-state index in [1.165, 1.54) is 4.31 Å². The molecule has 1 amide bonds. The maximum Gasteiger partial charge on any atom is 0.248 e. The minimum Gasteiger partial charge on any atom is -0.360 e. The fourth-order valence-electron chi connectivity index (χ4n) is 2.69. The zero-order valence-electron chi connectivity index (χ0n) is 14.9. The van der Waals surface area contributed by atoms with E-state index in [0.717, 1.165) is 0 Å². The summed E-state index contributed by atoms with van der Waals surface area (Å²) >= 11 is 0. The molecule has 0 aromatic carbocycles. The number of hydrogen-bond donors (Lipinski definition) is 1. The van der Waals surface area contributed by atoms with Gasteiger partial charge in [-0.15, -0.1) is 0 Å². The molecule has 2 rings (SSSR count). The zero-order valence-corrected chi connectivity index (χ0v) is 15.7. The van der Waals surface area contributed by atoms with Gasteiger partial charge in [-0.05, 0) is 19.3 Å². The van der Waals surface area contributed by atoms with E-state index in [1.807, 2.05) is 20.8 Å². The molecule has 0 bridgehead atoms. The summed E-state index contributed by atoms with van der Waals surface area (Å²) in [5, 5.41) is 3.71. The third-order valence-corrected chi connectivity index (χ3v) is 6.46. The van der Waals surface area contributed by atoms with Crippen molar-refractivity contribution in [2.24, 2.45) is 11.1 Å². The highest BCUT2D eigenvalue weighted by molar-refractivity contribution is 7.89. The molecule has 1 aromatic rings. The first-order valence-corrected chi connectivity index (χ1v) is 9.37. The molecular weight excluding hydrogens is 332 g/mol. The molecule has 136 valence electrons. The molecular formula is C15H26N4O4S. The van der Waals surface area contributed by atoms with Crippen molar-refractivity contribution in [1.29, 1.82) is 0 Å². The standard InChI is InChI=1S/C15H26N4O4S/c1-10-12(11(2)23-17-10)24(21,22)19-8-6-18(7-9-19)14(20)13(16)15(3,4)5/h13H,6-9,16H2,1-5H3/t13-/m1/s1. The van der Waals surface area contributed by atoms with E-state index < -0.39 is 16.1 Å². The molecule has 1 aliphatic rings. The summed E-state index contributed by atoms with van der Waals surface area (Å²) in [7, 11) is -3.67. The van der Waals surface area contributed by atoms with E-state index in [9.17, 15) is 13.2 Å². The number of hydrogen-bond acceptors (Lipinski definition) is 6. The van der Waals surface area contributed by atoms with Gasteiger partial charge in [-0.2, -0.15) is 4.31 Å². The van der Waals surface area contributed by atoms with Gasteiger partial charge >= 0.3 is 0 Å². The molecule has 9 heteroatoms. The molecule has 0 spiro atoms. The Morgan fingerprint density at radius 1 is 1.21 bits per heavy atom. The van der Waals surface area contributed by atoms with Crippen molar-refractivity contribution in [2.45, 2.75) is 45.6 Å². The molecule has 1 aliphatic heterocycles. The Labute approximate surface area is 143 Å². The minimum absolute atomic E-state index is 0.119. The summed E-state index contributed by atoms with van der Waals surface area (Å²) in [5.74, 6) is 0.137. The topological polar surface area (TPSA) is 110 Å². The number of rotatable bonds is 3. The van der Waals surface area contributed by atoms with Crippen molar-refractivity contribution in [1.82, 2.24) is 14.4 Å². The van der Waals surface area contributed by atoms with Crippen molar-refractivity contribution in [2.75, 3.05) is 26.2 Å². The van der Waals surface area contributed by atoms with E-state index in [-0.39, 0.29) is 35.1 Å². The fourth-order valence-corrected chi connectivity index (χ4v) is 4.40. The highest BCUT2D eigenvalue weighted by Gasteiger charge is 2.37. The maximum absolute atomic E-state index is 12.8. The molecule has 1 fully saturated rings. The summed E-state index contributed by atoms with van der Waals surface area (Å²) in [5.41, 5.74) is 6.03. The van der Waals surface area contributed by atoms with Crippen LogP contribution in [-0.2, 0) is 14.8 Å². The first kappa shape index (κ1) is 18.9. The summed E-state index contributed by atoms with van der Waals surface area (Å²) in [6.45, 7) is 10.0. The van der Waals surface area contributed by atoms with Crippen molar-refractivity contribution >= 4 is 15.9 Å². The zero-order chi connectivity index (χ0) is 18.3. The molecule has 0 radical (unpaired) electrons. The predicted molar refractivity (Wildman–Crippen MR) is 88.7 cm³/mol. The number of carbonyl (C=O) groups excluding carboxylic acids is 1. The number of aromatic nitrogens is 1. The summed E-state index contributed by atoms with van der Waals surface area (Å²) in [6.07, 6.45) is 0. The summed E-state index contributed by atoms with van der Waals surface area (Å²) < 4.78 is 31.8. The maximum atomic E-state index is 12.8. The van der Waals surface area contributed by atoms with Crippen molar-refractivity contribution in [3.63, 3.8) is 0 Å². The monoisotopic (exact) mass is 358 g/mol. The van der Waals surface area contributed by atoms with Crippen LogP contribution in [0.3, 0.4) is 0 Å². The van der Waals surface area contributed by atoms with Crippen molar-refractivity contribution < 1.29 is 17.7 Å². The lowest BCUT2D eigenvalue weighted by Gasteiger charge is -2.37. The fraction of sp³-hybridized carbons (Fsp3) is 0.733. The van der Waals surface area contributed by atoms with Gasteiger partial charge in [0.1, 0.15) is 10.6 Å². The van der Waals surface area contributed by atoms with Crippen LogP contribution in [0, 0.1) is 19.3 Å². The van der Waals surface area contributed by atoms with Crippen LogP contribution >= 0.6 is 0 Å². The van der Waals surface area contributed by atoms with Gasteiger partial charge in [-0.25, -0.2) is 8.42 Å². The molecule has 1 saturated heterocycles. The molecule has 0 aliphatic carbocycles. The molecule has 8 nitrogen and oxygen atoms in total. The summed E-state index contributed by atoms with van der Waals surface area (Å²) in [6, 6.07) is -0.608. The van der Waals surface area contributed by atoms with Gasteiger partial charge in [0.2, 0.25) is 15.9 Å². The van der Waals surface area contributed by atoms with E-state index in [4.69, 9.17) is 10.3 Å². The van der Waals surface area contributed by atoms with E-state index in [1.54, 1.807) is 18.7 Å². The largest absolute Gasteiger partial charge is 0.360 e. The second-order valence-corrected chi connectivity index (χ2v) is 9.10. The highest BCUT2D eigenvalue weighted by atomic mass is 32.2. The van der Waals surface area contributed by atoms with Crippen LogP contribution in [0.1, 0.15) is 32.2 Å². The van der Waals surface area contributed by atoms with Gasteiger partial charge in [0.15, 0.2) is 5.76 Å². The van der Waals surface area contributed by atoms with Crippen molar-refractivity contribution in [3.05, 3.63) is 11.5 Å². The Balaban J connectivity index is 2.09.